The number of nitrogens with zero attached hydrogens (tertiary/aromatic N) is 1. The lowest BCUT2D eigenvalue weighted by Gasteiger charge is -2.64. The van der Waals surface area contributed by atoms with Crippen molar-refractivity contribution < 1.29 is 19.8 Å². The molecule has 0 aliphatic heterocycles. The van der Waals surface area contributed by atoms with Gasteiger partial charge in [-0.2, -0.15) is 0 Å². The number of carbonyl (C=O) groups is 2. The number of unbranched alkanes of at least 4 members (excludes halogenated alkanes) is 11. The molecular formula is C49H89N3O4. The summed E-state index contributed by atoms with van der Waals surface area (Å²) in [5.41, 5.74) is 0.467. The minimum absolute atomic E-state index is 0.147. The van der Waals surface area contributed by atoms with Gasteiger partial charge in [0, 0.05) is 39.0 Å². The zero-order valence-corrected chi connectivity index (χ0v) is 37.3. The van der Waals surface area contributed by atoms with Crippen molar-refractivity contribution >= 4 is 11.8 Å². The second kappa shape index (κ2) is 24.0. The second-order valence-electron chi connectivity index (χ2n) is 20.0. The lowest BCUT2D eigenvalue weighted by molar-refractivity contribution is -0.203. The molecule has 1 unspecified atom stereocenters. The molecule has 4 fully saturated rings. The molecule has 0 spiro atoms. The van der Waals surface area contributed by atoms with Crippen molar-refractivity contribution in [1.29, 1.82) is 0 Å². The van der Waals surface area contributed by atoms with Crippen LogP contribution in [0.1, 0.15) is 189 Å². The van der Waals surface area contributed by atoms with Gasteiger partial charge < -0.3 is 25.7 Å². The van der Waals surface area contributed by atoms with Gasteiger partial charge in [0.15, 0.2) is 0 Å². The Labute approximate surface area is 344 Å². The van der Waals surface area contributed by atoms with E-state index in [4.69, 9.17) is 0 Å². The van der Waals surface area contributed by atoms with Gasteiger partial charge in [0.2, 0.25) is 11.8 Å². The first-order valence-electron chi connectivity index (χ1n) is 24.2. The molecule has 4 N–H and O–H groups in total. The summed E-state index contributed by atoms with van der Waals surface area (Å²) in [5.74, 6) is 3.61. The number of allylic oxidation sites excluding steroid dienone is 2. The van der Waals surface area contributed by atoms with E-state index in [0.717, 1.165) is 58.0 Å². The van der Waals surface area contributed by atoms with E-state index in [9.17, 15) is 19.8 Å². The van der Waals surface area contributed by atoms with Gasteiger partial charge in [-0.05, 0) is 143 Å². The fourth-order valence-electron chi connectivity index (χ4n) is 12.9. The van der Waals surface area contributed by atoms with Gasteiger partial charge in [-0.25, -0.2) is 0 Å². The number of nitrogens with one attached hydrogen (secondary N) is 2. The van der Waals surface area contributed by atoms with E-state index in [2.05, 4.69) is 69.4 Å². The fraction of sp³-hybridized carbons (Fsp3) is 0.918. The number of hydrogen-bond acceptors (Lipinski definition) is 5. The van der Waals surface area contributed by atoms with Crippen molar-refractivity contribution in [3.05, 3.63) is 12.2 Å². The Morgan fingerprint density at radius 3 is 1.95 bits per heavy atom. The Bertz CT molecular complexity index is 1180. The first-order chi connectivity index (χ1) is 27.0. The summed E-state index contributed by atoms with van der Waals surface area (Å²) in [7, 11) is 2.06. The van der Waals surface area contributed by atoms with Crippen LogP contribution in [0.3, 0.4) is 0 Å². The van der Waals surface area contributed by atoms with Gasteiger partial charge in [-0.15, -0.1) is 0 Å². The predicted octanol–water partition coefficient (Wildman–Crippen LogP) is 10.2. The molecule has 0 saturated heterocycles. The van der Waals surface area contributed by atoms with Gasteiger partial charge in [0.25, 0.3) is 0 Å². The third kappa shape index (κ3) is 13.0. The van der Waals surface area contributed by atoms with E-state index in [0.29, 0.717) is 67.4 Å². The zero-order chi connectivity index (χ0) is 40.6. The van der Waals surface area contributed by atoms with Crippen molar-refractivity contribution in [3.8, 4) is 0 Å². The van der Waals surface area contributed by atoms with Crippen molar-refractivity contribution in [2.24, 2.45) is 52.3 Å². The Morgan fingerprint density at radius 2 is 1.30 bits per heavy atom. The van der Waals surface area contributed by atoms with Crippen LogP contribution >= 0.6 is 0 Å². The molecule has 4 aliphatic carbocycles. The standard InChI is InChI=1S/C49H89N3O4/c1-7-9-10-11-12-13-14-15-16-17-18-19-20-21-22-23-44(54)50-32-34-52(6)35-33-51-45(55)27-24-37(3)40-25-26-41-46-42(29-31-48(40,41)4)49(5)30-28-38(53)36-43(49)39(8-2)47(46)56/h15-16,37-43,46-47,53,56H,7-14,17-36H2,1-6H3,(H,50,54)(H,51,55)/b16-15+/t37-,38-,39-,40?,41+,42+,43+,46+,47-,48-,49-/m1/s1. The summed E-state index contributed by atoms with van der Waals surface area (Å²) >= 11 is 0. The normalized spacial score (nSPS) is 33.2. The molecule has 4 aliphatic rings. The average molecular weight is 784 g/mol. The largest absolute Gasteiger partial charge is 0.393 e. The first-order valence-corrected chi connectivity index (χ1v) is 24.2. The molecule has 0 radical (unpaired) electrons. The van der Waals surface area contributed by atoms with Crippen LogP contribution in [0, 0.1) is 52.3 Å². The molecule has 56 heavy (non-hydrogen) atoms. The lowest BCUT2D eigenvalue weighted by atomic mass is 9.41. The minimum atomic E-state index is -0.255. The number of aliphatic hydroxyl groups is 2. The summed E-state index contributed by atoms with van der Waals surface area (Å²) in [5, 5.41) is 28.9. The molecule has 0 aromatic carbocycles. The van der Waals surface area contributed by atoms with Crippen LogP contribution in [0.5, 0.6) is 0 Å². The third-order valence-electron chi connectivity index (χ3n) is 16.3. The van der Waals surface area contributed by atoms with E-state index < -0.39 is 0 Å². The third-order valence-corrected chi connectivity index (χ3v) is 16.3. The Morgan fingerprint density at radius 1 is 0.732 bits per heavy atom. The molecule has 4 rings (SSSR count). The Balaban J connectivity index is 1.03. The van der Waals surface area contributed by atoms with Gasteiger partial charge >= 0.3 is 0 Å². The van der Waals surface area contributed by atoms with Crippen molar-refractivity contribution in [2.75, 3.05) is 33.2 Å². The maximum absolute atomic E-state index is 12.9. The van der Waals surface area contributed by atoms with Crippen molar-refractivity contribution in [3.63, 3.8) is 0 Å². The minimum Gasteiger partial charge on any atom is -0.393 e. The summed E-state index contributed by atoms with van der Waals surface area (Å²) in [4.78, 5) is 27.5. The maximum atomic E-state index is 12.9. The van der Waals surface area contributed by atoms with E-state index in [1.807, 2.05) is 0 Å². The summed E-state index contributed by atoms with van der Waals surface area (Å²) in [6.07, 6.45) is 31.6. The Kier molecular flexibility index (Phi) is 20.2. The number of fused-ring (bicyclic) bond motifs is 5. The topological polar surface area (TPSA) is 102 Å². The van der Waals surface area contributed by atoms with Gasteiger partial charge in [0.1, 0.15) is 0 Å². The molecule has 11 atom stereocenters. The molecule has 0 heterocycles. The monoisotopic (exact) mass is 784 g/mol. The summed E-state index contributed by atoms with van der Waals surface area (Å²) in [6.45, 7) is 14.8. The number of carbonyl (C=O) groups excluding carboxylic acids is 2. The van der Waals surface area contributed by atoms with E-state index in [-0.39, 0.29) is 34.9 Å². The molecule has 2 amide bonds. The smallest absolute Gasteiger partial charge is 0.220 e. The highest BCUT2D eigenvalue weighted by atomic mass is 16.3. The molecular weight excluding hydrogens is 695 g/mol. The van der Waals surface area contributed by atoms with Crippen LogP contribution < -0.4 is 10.6 Å². The zero-order valence-electron chi connectivity index (χ0n) is 37.3. The van der Waals surface area contributed by atoms with Gasteiger partial charge in [-0.1, -0.05) is 105 Å². The van der Waals surface area contributed by atoms with Gasteiger partial charge in [-0.3, -0.25) is 9.59 Å². The summed E-state index contributed by atoms with van der Waals surface area (Å²) in [6, 6.07) is 0. The lowest BCUT2D eigenvalue weighted by Crippen LogP contribution is -2.62. The van der Waals surface area contributed by atoms with E-state index in [1.54, 1.807) is 0 Å². The molecule has 0 aromatic heterocycles. The van der Waals surface area contributed by atoms with Crippen LogP contribution in [-0.4, -0.2) is 72.4 Å². The van der Waals surface area contributed by atoms with Crippen molar-refractivity contribution in [2.45, 2.75) is 201 Å². The Hall–Kier alpha value is -1.44. The van der Waals surface area contributed by atoms with E-state index in [1.165, 1.54) is 96.3 Å². The average Bonchev–Trinajstić information content (AvgIpc) is 3.53. The number of amides is 2. The van der Waals surface area contributed by atoms with Crippen LogP contribution in [-0.2, 0) is 9.59 Å². The fourth-order valence-corrected chi connectivity index (χ4v) is 12.9. The van der Waals surface area contributed by atoms with Crippen LogP contribution in [0.4, 0.5) is 0 Å². The summed E-state index contributed by atoms with van der Waals surface area (Å²) < 4.78 is 0. The molecule has 7 heteroatoms. The number of likely N-dealkylation sites (N-methyl/N-ethyl adjacent to an activating group) is 1. The highest BCUT2D eigenvalue weighted by Crippen LogP contribution is 2.69. The first kappa shape index (κ1) is 47.2. The molecule has 7 nitrogen and oxygen atoms in total. The maximum Gasteiger partial charge on any atom is 0.220 e. The quantitative estimate of drug-likeness (QED) is 0.0517. The molecule has 0 aromatic rings. The molecule has 0 bridgehead atoms. The van der Waals surface area contributed by atoms with Crippen LogP contribution in [0.15, 0.2) is 12.2 Å². The highest BCUT2D eigenvalue weighted by Gasteiger charge is 2.64. The predicted molar refractivity (Wildman–Crippen MR) is 233 cm³/mol. The van der Waals surface area contributed by atoms with Crippen LogP contribution in [0.25, 0.3) is 0 Å². The van der Waals surface area contributed by atoms with Gasteiger partial charge in [0.05, 0.1) is 12.2 Å². The highest BCUT2D eigenvalue weighted by molar-refractivity contribution is 5.76. The molecule has 4 saturated carbocycles. The second-order valence-corrected chi connectivity index (χ2v) is 20.0. The van der Waals surface area contributed by atoms with Crippen molar-refractivity contribution in [1.82, 2.24) is 15.5 Å². The number of hydrogen-bond donors (Lipinski definition) is 4. The number of rotatable bonds is 26. The number of aliphatic hydroxyl groups excluding tert-OH is 2. The van der Waals surface area contributed by atoms with Crippen LogP contribution in [0.2, 0.25) is 0 Å². The SMILES string of the molecule is CCCCCCCC/C=C/CCCCCCCC(=O)NCCN(C)CCNC(=O)CC[C@@H](C)C1CC[C@H]2[C@@H]3[C@H](O)[C@H](CC)[C@@H]4C[C@H](O)CC[C@]4(C)[C@H]3CC[C@]12C. The van der Waals surface area contributed by atoms with E-state index >= 15 is 0 Å². The molecule has 324 valence electrons.